The van der Waals surface area contributed by atoms with Crippen LogP contribution in [0.25, 0.3) is 0 Å². The molecule has 0 unspecified atom stereocenters. The number of nitrogens with zero attached hydrogens (tertiary/aromatic N) is 2. The van der Waals surface area contributed by atoms with Gasteiger partial charge in [0.15, 0.2) is 0 Å². The zero-order valence-corrected chi connectivity index (χ0v) is 12.0. The van der Waals surface area contributed by atoms with Gasteiger partial charge in [-0.25, -0.2) is 4.79 Å². The van der Waals surface area contributed by atoms with Crippen molar-refractivity contribution in [3.8, 4) is 0 Å². The highest BCUT2D eigenvalue weighted by Crippen LogP contribution is 2.05. The fourth-order valence-corrected chi connectivity index (χ4v) is 1.29. The molecule has 0 bridgehead atoms. The molecule has 1 amide bonds. The van der Waals surface area contributed by atoms with Gasteiger partial charge >= 0.3 is 6.09 Å². The first kappa shape index (κ1) is 15.4. The van der Waals surface area contributed by atoms with Crippen LogP contribution in [-0.4, -0.2) is 34.8 Å². The number of carbonyl (C=O) groups excluding carboxylic acids is 1. The van der Waals surface area contributed by atoms with Crippen LogP contribution in [0.2, 0.25) is 0 Å². The van der Waals surface area contributed by atoms with Crippen molar-refractivity contribution < 1.29 is 9.53 Å². The van der Waals surface area contributed by atoms with Crippen molar-refractivity contribution in [1.82, 2.24) is 20.6 Å². The lowest BCUT2D eigenvalue weighted by molar-refractivity contribution is 0.0528. The predicted molar refractivity (Wildman–Crippen MR) is 72.7 cm³/mol. The molecule has 0 aliphatic carbocycles. The Morgan fingerprint density at radius 1 is 1.26 bits per heavy atom. The van der Waals surface area contributed by atoms with Crippen molar-refractivity contribution in [3.05, 3.63) is 23.8 Å². The predicted octanol–water partition coefficient (Wildman–Crippen LogP) is 1.40. The maximum absolute atomic E-state index is 11.3. The first-order chi connectivity index (χ1) is 8.87. The number of alkyl carbamates (subject to hydrolysis) is 1. The minimum absolute atomic E-state index is 0.399. The molecule has 1 aromatic rings. The minimum Gasteiger partial charge on any atom is -0.444 e. The fraction of sp³-hybridized carbons (Fsp3) is 0.615. The molecule has 2 N–H and O–H groups in total. The van der Waals surface area contributed by atoms with Crippen molar-refractivity contribution >= 4 is 6.09 Å². The molecule has 0 fully saturated rings. The highest BCUT2D eigenvalue weighted by atomic mass is 16.6. The molecule has 0 aromatic carbocycles. The van der Waals surface area contributed by atoms with E-state index in [0.717, 1.165) is 11.4 Å². The Labute approximate surface area is 114 Å². The van der Waals surface area contributed by atoms with Crippen molar-refractivity contribution in [2.75, 3.05) is 13.1 Å². The molecule has 6 nitrogen and oxygen atoms in total. The summed E-state index contributed by atoms with van der Waals surface area (Å²) < 4.78 is 5.12. The van der Waals surface area contributed by atoms with E-state index in [4.69, 9.17) is 4.74 Å². The average Bonchev–Trinajstić information content (AvgIpc) is 2.29. The molecular weight excluding hydrogens is 244 g/mol. The minimum atomic E-state index is -0.463. The summed E-state index contributed by atoms with van der Waals surface area (Å²) in [5, 5.41) is 5.84. The molecule has 0 spiro atoms. The number of amides is 1. The van der Waals surface area contributed by atoms with E-state index in [2.05, 4.69) is 20.6 Å². The summed E-state index contributed by atoms with van der Waals surface area (Å²) in [5.41, 5.74) is 1.31. The molecule has 1 rings (SSSR count). The number of hydrogen-bond donors (Lipinski definition) is 2. The third kappa shape index (κ3) is 7.35. The molecule has 19 heavy (non-hydrogen) atoms. The van der Waals surface area contributed by atoms with Crippen molar-refractivity contribution in [1.29, 1.82) is 0 Å². The van der Waals surface area contributed by atoms with Gasteiger partial charge in [-0.15, -0.1) is 0 Å². The van der Waals surface area contributed by atoms with Crippen molar-refractivity contribution in [3.63, 3.8) is 0 Å². The third-order valence-corrected chi connectivity index (χ3v) is 2.11. The summed E-state index contributed by atoms with van der Waals surface area (Å²) in [4.78, 5) is 19.7. The van der Waals surface area contributed by atoms with Gasteiger partial charge in [0.05, 0.1) is 11.4 Å². The molecule has 106 valence electrons. The highest BCUT2D eigenvalue weighted by Gasteiger charge is 2.15. The van der Waals surface area contributed by atoms with Crippen molar-refractivity contribution in [2.45, 2.75) is 39.8 Å². The highest BCUT2D eigenvalue weighted by molar-refractivity contribution is 5.67. The van der Waals surface area contributed by atoms with Gasteiger partial charge in [-0.05, 0) is 27.7 Å². The molecule has 0 aliphatic rings. The normalized spacial score (nSPS) is 11.2. The van der Waals surface area contributed by atoms with E-state index in [1.165, 1.54) is 0 Å². The fourth-order valence-electron chi connectivity index (χ4n) is 1.29. The van der Waals surface area contributed by atoms with Gasteiger partial charge in [-0.3, -0.25) is 9.97 Å². The molecule has 1 heterocycles. The van der Waals surface area contributed by atoms with Crippen LogP contribution in [0.5, 0.6) is 0 Å². The quantitative estimate of drug-likeness (QED) is 0.788. The second-order valence-corrected chi connectivity index (χ2v) is 5.25. The lowest BCUT2D eigenvalue weighted by Crippen LogP contribution is -2.36. The zero-order chi connectivity index (χ0) is 14.3. The molecule has 0 radical (unpaired) electrons. The van der Waals surface area contributed by atoms with E-state index in [-0.39, 0.29) is 0 Å². The number of hydrogen-bond acceptors (Lipinski definition) is 5. The van der Waals surface area contributed by atoms with Crippen LogP contribution in [0, 0.1) is 6.92 Å². The molecule has 0 saturated carbocycles. The lowest BCUT2D eigenvalue weighted by Gasteiger charge is -2.19. The van der Waals surface area contributed by atoms with E-state index in [9.17, 15) is 4.79 Å². The molecule has 0 saturated heterocycles. The first-order valence-corrected chi connectivity index (χ1v) is 6.32. The van der Waals surface area contributed by atoms with Crippen LogP contribution in [0.4, 0.5) is 4.79 Å². The maximum atomic E-state index is 11.3. The second kappa shape index (κ2) is 7.04. The summed E-state index contributed by atoms with van der Waals surface area (Å²) in [6.07, 6.45) is 3.07. The summed E-state index contributed by atoms with van der Waals surface area (Å²) >= 11 is 0. The molecule has 6 heteroatoms. The van der Waals surface area contributed by atoms with Gasteiger partial charge in [-0.1, -0.05) is 0 Å². The molecular formula is C13H22N4O2. The van der Waals surface area contributed by atoms with Crippen LogP contribution in [0.1, 0.15) is 32.2 Å². The van der Waals surface area contributed by atoms with Crippen LogP contribution >= 0.6 is 0 Å². The Kier molecular flexibility index (Phi) is 5.69. The average molecular weight is 266 g/mol. The Bertz CT molecular complexity index is 398. The zero-order valence-electron chi connectivity index (χ0n) is 12.0. The molecule has 0 atom stereocenters. The van der Waals surface area contributed by atoms with Gasteiger partial charge in [0, 0.05) is 32.0 Å². The maximum Gasteiger partial charge on any atom is 0.407 e. The topological polar surface area (TPSA) is 76.1 Å². The number of aromatic nitrogens is 2. The van der Waals surface area contributed by atoms with Crippen LogP contribution in [-0.2, 0) is 11.3 Å². The summed E-state index contributed by atoms with van der Waals surface area (Å²) in [7, 11) is 0. The summed E-state index contributed by atoms with van der Waals surface area (Å²) in [5.74, 6) is 0. The summed E-state index contributed by atoms with van der Waals surface area (Å²) in [6.45, 7) is 9.18. The van der Waals surface area contributed by atoms with Gasteiger partial charge in [-0.2, -0.15) is 0 Å². The monoisotopic (exact) mass is 266 g/mol. The van der Waals surface area contributed by atoms with E-state index in [1.54, 1.807) is 12.4 Å². The van der Waals surface area contributed by atoms with Crippen LogP contribution in [0.3, 0.4) is 0 Å². The van der Waals surface area contributed by atoms with Gasteiger partial charge < -0.3 is 15.4 Å². The van der Waals surface area contributed by atoms with Gasteiger partial charge in [0.2, 0.25) is 0 Å². The number of carbonyl (C=O) groups is 1. The van der Waals surface area contributed by atoms with Crippen LogP contribution < -0.4 is 10.6 Å². The largest absolute Gasteiger partial charge is 0.444 e. The lowest BCUT2D eigenvalue weighted by atomic mass is 10.2. The van der Waals surface area contributed by atoms with Gasteiger partial charge in [0.1, 0.15) is 5.60 Å². The molecule has 1 aromatic heterocycles. The first-order valence-electron chi connectivity index (χ1n) is 6.32. The number of rotatable bonds is 5. The second-order valence-electron chi connectivity index (χ2n) is 5.25. The Hall–Kier alpha value is -1.69. The Morgan fingerprint density at radius 3 is 2.58 bits per heavy atom. The number of nitrogens with one attached hydrogen (secondary N) is 2. The van der Waals surface area contributed by atoms with Crippen molar-refractivity contribution in [2.24, 2.45) is 0 Å². The van der Waals surface area contributed by atoms with E-state index in [0.29, 0.717) is 19.6 Å². The smallest absolute Gasteiger partial charge is 0.407 e. The standard InChI is InChI=1S/C13H22N4O2/c1-10-7-17-11(9-16-10)8-14-5-6-15-12(18)19-13(2,3)4/h7,9,14H,5-6,8H2,1-4H3,(H,15,18). The molecule has 0 aliphatic heterocycles. The summed E-state index contributed by atoms with van der Waals surface area (Å²) in [6, 6.07) is 0. The number of aryl methyl sites for hydroxylation is 1. The van der Waals surface area contributed by atoms with Crippen LogP contribution in [0.15, 0.2) is 12.4 Å². The van der Waals surface area contributed by atoms with E-state index >= 15 is 0 Å². The number of ether oxygens (including phenoxy) is 1. The third-order valence-electron chi connectivity index (χ3n) is 2.11. The van der Waals surface area contributed by atoms with E-state index < -0.39 is 11.7 Å². The van der Waals surface area contributed by atoms with Gasteiger partial charge in [0.25, 0.3) is 0 Å². The Balaban J connectivity index is 2.11. The SMILES string of the molecule is Cc1cnc(CNCCNC(=O)OC(C)(C)C)cn1. The van der Waals surface area contributed by atoms with E-state index in [1.807, 2.05) is 27.7 Å². The Morgan fingerprint density at radius 2 is 2.00 bits per heavy atom.